The summed E-state index contributed by atoms with van der Waals surface area (Å²) in [6.07, 6.45) is 0.715. The summed E-state index contributed by atoms with van der Waals surface area (Å²) in [4.78, 5) is 8.12. The minimum Gasteiger partial charge on any atom is -0.761 e. The minimum atomic E-state index is 0.212. The lowest BCUT2D eigenvalue weighted by molar-refractivity contribution is 0.423. The second-order valence-electron chi connectivity index (χ2n) is 8.11. The molecule has 184 valence electrons. The Morgan fingerprint density at radius 1 is 0.944 bits per heavy atom. The molecule has 4 rings (SSSR count). The fourth-order valence-electron chi connectivity index (χ4n) is 3.58. The topological polar surface area (TPSA) is 93.8 Å². The van der Waals surface area contributed by atoms with Gasteiger partial charge in [0.15, 0.2) is 5.17 Å². The highest BCUT2D eigenvalue weighted by Crippen LogP contribution is 2.30. The van der Waals surface area contributed by atoms with Gasteiger partial charge in [0.05, 0.1) is 10.7 Å². The van der Waals surface area contributed by atoms with Crippen LogP contribution in [0.4, 0.5) is 11.4 Å². The number of phenolic OH excluding ortho intramolecular Hbond substituents is 1. The third kappa shape index (κ3) is 7.18. The quantitative estimate of drug-likeness (QED) is 0.0866. The van der Waals surface area contributed by atoms with Crippen molar-refractivity contribution in [2.24, 2.45) is 4.99 Å². The van der Waals surface area contributed by atoms with Crippen LogP contribution in [0.25, 0.3) is 0 Å². The van der Waals surface area contributed by atoms with Gasteiger partial charge in [0.2, 0.25) is 0 Å². The molecule has 8 heteroatoms. The van der Waals surface area contributed by atoms with E-state index in [-0.39, 0.29) is 11.4 Å². The monoisotopic (exact) mass is 519 g/mol. The molecule has 4 N–H and O–H groups in total. The van der Waals surface area contributed by atoms with Gasteiger partial charge in [-0.1, -0.05) is 65.8 Å². The van der Waals surface area contributed by atoms with E-state index in [4.69, 9.17) is 21.7 Å². The van der Waals surface area contributed by atoms with Crippen LogP contribution in [0.2, 0.25) is 5.02 Å². The molecule has 0 aliphatic carbocycles. The zero-order valence-electron chi connectivity index (χ0n) is 19.4. The SMILES string of the molecule is [O-]Nc1cc(N=C(Sc2ccccc2)N(CCc2cccc([OH2+])c2)Cc2ccc(O)cc2)ccc1Cl. The predicted molar refractivity (Wildman–Crippen MR) is 150 cm³/mol. The van der Waals surface area contributed by atoms with Crippen LogP contribution in [0.5, 0.6) is 11.5 Å². The fraction of sp³-hybridized carbons (Fsp3) is 0.107. The molecule has 4 aromatic carbocycles. The maximum absolute atomic E-state index is 11.3. The van der Waals surface area contributed by atoms with Gasteiger partial charge in [-0.25, -0.2) is 4.99 Å². The molecule has 6 nitrogen and oxygen atoms in total. The smallest absolute Gasteiger partial charge is 0.254 e. The zero-order chi connectivity index (χ0) is 25.3. The largest absolute Gasteiger partial charge is 0.761 e. The van der Waals surface area contributed by atoms with Crippen LogP contribution in [0, 0.1) is 5.21 Å². The Morgan fingerprint density at radius 3 is 2.44 bits per heavy atom. The summed E-state index contributed by atoms with van der Waals surface area (Å²) in [5, 5.41) is 30.1. The molecule has 0 amide bonds. The van der Waals surface area contributed by atoms with Crippen molar-refractivity contribution in [2.45, 2.75) is 17.9 Å². The summed E-state index contributed by atoms with van der Waals surface area (Å²) in [6, 6.07) is 29.7. The lowest BCUT2D eigenvalue weighted by atomic mass is 10.1. The van der Waals surface area contributed by atoms with Crippen molar-refractivity contribution in [3.05, 3.63) is 118 Å². The first-order valence-corrected chi connectivity index (χ1v) is 12.5. The normalized spacial score (nSPS) is 11.3. The number of nitrogens with zero attached hydrogens (tertiary/aromatic N) is 2. The molecule has 0 atom stereocenters. The van der Waals surface area contributed by atoms with Gasteiger partial charge < -0.3 is 25.8 Å². The van der Waals surface area contributed by atoms with Crippen LogP contribution < -0.4 is 5.48 Å². The third-order valence-corrected chi connectivity index (χ3v) is 6.78. The molecule has 36 heavy (non-hydrogen) atoms. The van der Waals surface area contributed by atoms with Crippen LogP contribution >= 0.6 is 23.4 Å². The lowest BCUT2D eigenvalue weighted by Gasteiger charge is -2.26. The van der Waals surface area contributed by atoms with Crippen LogP contribution in [0.15, 0.2) is 107 Å². The van der Waals surface area contributed by atoms with Gasteiger partial charge in [0, 0.05) is 35.8 Å². The molecule has 0 unspecified atom stereocenters. The van der Waals surface area contributed by atoms with E-state index in [0.717, 1.165) is 21.2 Å². The molecule has 0 bridgehead atoms. The Kier molecular flexibility index (Phi) is 8.73. The van der Waals surface area contributed by atoms with Gasteiger partial charge in [-0.3, -0.25) is 0 Å². The maximum Gasteiger partial charge on any atom is 0.254 e. The second-order valence-corrected chi connectivity index (χ2v) is 9.56. The second kappa shape index (κ2) is 12.4. The lowest BCUT2D eigenvalue weighted by Crippen LogP contribution is -2.30. The van der Waals surface area contributed by atoms with E-state index in [1.165, 1.54) is 11.8 Å². The highest BCUT2D eigenvalue weighted by Gasteiger charge is 2.16. The molecule has 4 aromatic rings. The highest BCUT2D eigenvalue weighted by molar-refractivity contribution is 8.13. The molecular formula is C28H26ClN3O3S. The van der Waals surface area contributed by atoms with Crippen molar-refractivity contribution in [1.29, 1.82) is 0 Å². The summed E-state index contributed by atoms with van der Waals surface area (Å²) >= 11 is 7.64. The number of thioether (sulfide) groups is 1. The van der Waals surface area contributed by atoms with Crippen LogP contribution in [-0.4, -0.2) is 26.8 Å². The van der Waals surface area contributed by atoms with Gasteiger partial charge in [0.1, 0.15) is 5.75 Å². The van der Waals surface area contributed by atoms with Crippen LogP contribution in [-0.2, 0) is 13.0 Å². The van der Waals surface area contributed by atoms with Crippen LogP contribution in [0.1, 0.15) is 11.1 Å². The van der Waals surface area contributed by atoms with Crippen molar-refractivity contribution in [3.63, 3.8) is 0 Å². The van der Waals surface area contributed by atoms with Crippen molar-refractivity contribution in [1.82, 2.24) is 4.90 Å². The summed E-state index contributed by atoms with van der Waals surface area (Å²) in [5.74, 6) is 0.688. The average molecular weight is 520 g/mol. The van der Waals surface area contributed by atoms with Gasteiger partial charge >= 0.3 is 0 Å². The van der Waals surface area contributed by atoms with Crippen molar-refractivity contribution in [2.75, 3.05) is 12.0 Å². The van der Waals surface area contributed by atoms with E-state index < -0.39 is 0 Å². The molecule has 0 radical (unpaired) electrons. The number of rotatable bonds is 8. The number of hydrogen-bond acceptors (Lipinski definition) is 5. The van der Waals surface area contributed by atoms with E-state index in [9.17, 15) is 10.3 Å². The summed E-state index contributed by atoms with van der Waals surface area (Å²) < 4.78 is 0. The highest BCUT2D eigenvalue weighted by atomic mass is 35.5. The number of hydrogen-bond donors (Lipinski definition) is 2. The predicted octanol–water partition coefficient (Wildman–Crippen LogP) is 6.92. The first-order valence-electron chi connectivity index (χ1n) is 11.3. The first-order chi connectivity index (χ1) is 17.5. The number of anilines is 1. The molecule has 0 heterocycles. The fourth-order valence-corrected chi connectivity index (χ4v) is 4.67. The van der Waals surface area contributed by atoms with Crippen molar-refractivity contribution >= 4 is 39.9 Å². The Bertz CT molecular complexity index is 1320. The van der Waals surface area contributed by atoms with Gasteiger partial charge in [-0.2, -0.15) is 0 Å². The van der Waals surface area contributed by atoms with Crippen molar-refractivity contribution < 1.29 is 10.2 Å². The number of aliphatic imine (C=N–C) groups is 1. The van der Waals surface area contributed by atoms with Gasteiger partial charge in [0.25, 0.3) is 5.75 Å². The maximum atomic E-state index is 11.3. The molecular weight excluding hydrogens is 494 g/mol. The molecule has 0 spiro atoms. The summed E-state index contributed by atoms with van der Waals surface area (Å²) in [5.41, 5.74) is 4.81. The Labute approximate surface area is 219 Å². The molecule has 0 fully saturated rings. The van der Waals surface area contributed by atoms with E-state index >= 15 is 0 Å². The third-order valence-electron chi connectivity index (χ3n) is 5.41. The number of amidine groups is 1. The number of phenols is 1. The average Bonchev–Trinajstić information content (AvgIpc) is 2.89. The number of halogens is 1. The van der Waals surface area contributed by atoms with Crippen LogP contribution in [0.3, 0.4) is 0 Å². The number of nitrogens with one attached hydrogen (secondary N) is 1. The Morgan fingerprint density at radius 2 is 1.72 bits per heavy atom. The zero-order valence-corrected chi connectivity index (χ0v) is 21.0. The summed E-state index contributed by atoms with van der Waals surface area (Å²) in [6.45, 7) is 1.20. The Hall–Kier alpha value is -3.65. The van der Waals surface area contributed by atoms with E-state index in [1.54, 1.807) is 36.4 Å². The molecule has 0 saturated heterocycles. The number of benzene rings is 4. The first kappa shape index (κ1) is 25.4. The molecule has 0 saturated carbocycles. The van der Waals surface area contributed by atoms with Gasteiger partial charge in [-0.05, 0) is 60.0 Å². The molecule has 0 aromatic heterocycles. The van der Waals surface area contributed by atoms with E-state index in [1.807, 2.05) is 66.1 Å². The van der Waals surface area contributed by atoms with Crippen molar-refractivity contribution in [3.8, 4) is 11.5 Å². The standard InChI is InChI=1S/C28H25ClN3O3S/c29-26-14-11-22(18-27(26)31-35)30-28(36-25-7-2-1-3-8-25)32(19-21-9-12-23(33)13-10-21)16-15-20-5-4-6-24(34)17-20/h1-14,17-18,31,33-34H,15-16,19H2/q-1/p+1. The number of aromatic hydroxyl groups is 1. The van der Waals surface area contributed by atoms with E-state index in [2.05, 4.69) is 4.90 Å². The minimum absolute atomic E-state index is 0.212. The molecule has 0 aliphatic rings. The Balaban J connectivity index is 1.71. The van der Waals surface area contributed by atoms with Gasteiger partial charge in [-0.15, -0.1) is 0 Å². The van der Waals surface area contributed by atoms with E-state index in [0.29, 0.717) is 36.0 Å². The molecule has 0 aliphatic heterocycles. The summed E-state index contributed by atoms with van der Waals surface area (Å²) in [7, 11) is 0.